The average molecular weight is 409 g/mol. The Bertz CT molecular complexity index is 969. The Morgan fingerprint density at radius 1 is 0.379 bits per heavy atom. The molecular weight excluding hydrogens is 380 g/mol. The fourth-order valence-corrected chi connectivity index (χ4v) is 12.5. The van der Waals surface area contributed by atoms with E-state index in [1.807, 2.05) is 0 Å². The van der Waals surface area contributed by atoms with Crippen molar-refractivity contribution in [3.8, 4) is 0 Å². The Hall–Kier alpha value is -2.69. The fraction of sp³-hybridized carbons (Fsp3) is 0.111. The molecule has 144 valence electrons. The summed E-state index contributed by atoms with van der Waals surface area (Å²) >= 11 is 0. The molecule has 0 unspecified atom stereocenters. The minimum Gasteiger partial charge on any atom is -0.0656 e. The molecule has 0 aliphatic rings. The Kier molecular flexibility index (Phi) is 5.40. The van der Waals surface area contributed by atoms with E-state index in [1.54, 1.807) is 10.4 Å². The van der Waals surface area contributed by atoms with Crippen LogP contribution in [0.3, 0.4) is 0 Å². The van der Waals surface area contributed by atoms with E-state index in [2.05, 4.69) is 135 Å². The number of rotatable bonds is 5. The van der Waals surface area contributed by atoms with E-state index < -0.39 is 16.1 Å². The van der Waals surface area contributed by atoms with Gasteiger partial charge >= 0.3 is 0 Å². The lowest BCUT2D eigenvalue weighted by atomic mass is 10.3. The zero-order valence-corrected chi connectivity index (χ0v) is 19.5. The quantitative estimate of drug-likeness (QED) is 0.350. The van der Waals surface area contributed by atoms with Crippen LogP contribution in [0.15, 0.2) is 115 Å². The fourth-order valence-electron chi connectivity index (χ4n) is 4.50. The molecule has 0 N–H and O–H groups in total. The van der Waals surface area contributed by atoms with Gasteiger partial charge in [-0.3, -0.25) is 0 Å². The first-order chi connectivity index (χ1) is 14.0. The molecule has 0 saturated heterocycles. The Morgan fingerprint density at radius 3 is 1.03 bits per heavy atom. The Balaban J connectivity index is 2.20. The third-order valence-electron chi connectivity index (χ3n) is 5.76. The Labute approximate surface area is 176 Å². The van der Waals surface area contributed by atoms with Crippen molar-refractivity contribution in [3.63, 3.8) is 0 Å². The highest BCUT2D eigenvalue weighted by atomic mass is 28.3. The molecule has 0 aliphatic heterocycles. The van der Waals surface area contributed by atoms with E-state index in [0.29, 0.717) is 0 Å². The van der Waals surface area contributed by atoms with Gasteiger partial charge < -0.3 is 0 Å². The van der Waals surface area contributed by atoms with Gasteiger partial charge in [0.05, 0.1) is 8.07 Å². The first-order valence-corrected chi connectivity index (χ1v) is 15.8. The summed E-state index contributed by atoms with van der Waals surface area (Å²) in [4.78, 5) is 0. The molecule has 0 nitrogen and oxygen atoms in total. The van der Waals surface area contributed by atoms with E-state index in [9.17, 15) is 0 Å². The van der Waals surface area contributed by atoms with Crippen LogP contribution in [0, 0.1) is 0 Å². The molecule has 0 amide bonds. The zero-order valence-electron chi connectivity index (χ0n) is 17.5. The van der Waals surface area contributed by atoms with Crippen molar-refractivity contribution in [2.75, 3.05) is 0 Å². The van der Waals surface area contributed by atoms with Crippen molar-refractivity contribution in [1.82, 2.24) is 0 Å². The second kappa shape index (κ2) is 7.98. The van der Waals surface area contributed by atoms with Crippen LogP contribution in [0.4, 0.5) is 0 Å². The molecule has 0 atom stereocenters. The molecule has 0 aromatic heterocycles. The summed E-state index contributed by atoms with van der Waals surface area (Å²) in [6.45, 7) is 7.39. The van der Waals surface area contributed by atoms with Crippen LogP contribution in [0.5, 0.6) is 0 Å². The monoisotopic (exact) mass is 408 g/mol. The maximum Gasteiger partial charge on any atom is 0.179 e. The molecule has 0 bridgehead atoms. The maximum absolute atomic E-state index is 2.46. The molecular formula is C27H28Si2. The molecule has 4 aromatic carbocycles. The largest absolute Gasteiger partial charge is 0.179 e. The van der Waals surface area contributed by atoms with Crippen LogP contribution < -0.4 is 25.9 Å². The summed E-state index contributed by atoms with van der Waals surface area (Å²) in [7, 11) is -3.97. The highest BCUT2D eigenvalue weighted by Gasteiger charge is 2.43. The molecule has 0 heterocycles. The molecule has 0 radical (unpaired) electrons. The lowest BCUT2D eigenvalue weighted by Crippen LogP contribution is -2.78. The van der Waals surface area contributed by atoms with Gasteiger partial charge in [-0.15, -0.1) is 0 Å². The summed E-state index contributed by atoms with van der Waals surface area (Å²) < 4.78 is 0. The van der Waals surface area contributed by atoms with Crippen molar-refractivity contribution in [2.45, 2.75) is 19.6 Å². The molecule has 0 saturated carbocycles. The third-order valence-corrected chi connectivity index (χ3v) is 12.9. The van der Waals surface area contributed by atoms with Gasteiger partial charge in [0.1, 0.15) is 0 Å². The van der Waals surface area contributed by atoms with E-state index in [4.69, 9.17) is 0 Å². The predicted molar refractivity (Wildman–Crippen MR) is 133 cm³/mol. The van der Waals surface area contributed by atoms with Crippen molar-refractivity contribution in [2.24, 2.45) is 0 Å². The minimum absolute atomic E-state index is 1.45. The second-order valence-electron chi connectivity index (χ2n) is 8.64. The lowest BCUT2D eigenvalue weighted by molar-refractivity contribution is 1.66. The van der Waals surface area contributed by atoms with Gasteiger partial charge in [-0.1, -0.05) is 140 Å². The van der Waals surface area contributed by atoms with Gasteiger partial charge in [0.25, 0.3) is 0 Å². The highest BCUT2D eigenvalue weighted by molar-refractivity contribution is 7.21. The second-order valence-corrected chi connectivity index (χ2v) is 17.5. The van der Waals surface area contributed by atoms with Crippen molar-refractivity contribution >= 4 is 42.1 Å². The van der Waals surface area contributed by atoms with Gasteiger partial charge in [0.2, 0.25) is 0 Å². The van der Waals surface area contributed by atoms with Crippen LogP contribution >= 0.6 is 0 Å². The van der Waals surface area contributed by atoms with Gasteiger partial charge in [-0.25, -0.2) is 0 Å². The zero-order chi connectivity index (χ0) is 20.3. The molecule has 2 heteroatoms. The van der Waals surface area contributed by atoms with Crippen molar-refractivity contribution in [3.05, 3.63) is 115 Å². The minimum atomic E-state index is -2.42. The summed E-state index contributed by atoms with van der Waals surface area (Å²) in [5.74, 6) is 0. The normalized spacial score (nSPS) is 12.0. The van der Waals surface area contributed by atoms with Crippen LogP contribution in [-0.2, 0) is 0 Å². The van der Waals surface area contributed by atoms with Gasteiger partial charge in [0, 0.05) is 0 Å². The molecule has 0 spiro atoms. The SMILES string of the molecule is C[Si](C)(C)c1ccccc1[Si](c1ccccc1)(c1ccccc1)c1ccccc1. The van der Waals surface area contributed by atoms with Gasteiger partial charge in [0.15, 0.2) is 8.07 Å². The summed E-state index contributed by atoms with van der Waals surface area (Å²) in [5, 5.41) is 7.46. The molecule has 4 rings (SSSR count). The maximum atomic E-state index is 2.46. The topological polar surface area (TPSA) is 0 Å². The smallest absolute Gasteiger partial charge is 0.0656 e. The van der Waals surface area contributed by atoms with Crippen molar-refractivity contribution < 1.29 is 0 Å². The van der Waals surface area contributed by atoms with Crippen LogP contribution in [-0.4, -0.2) is 16.1 Å². The van der Waals surface area contributed by atoms with Crippen LogP contribution in [0.25, 0.3) is 0 Å². The van der Waals surface area contributed by atoms with Crippen LogP contribution in [0.1, 0.15) is 0 Å². The van der Waals surface area contributed by atoms with E-state index in [-0.39, 0.29) is 0 Å². The van der Waals surface area contributed by atoms with Gasteiger partial charge in [-0.2, -0.15) is 0 Å². The molecule has 0 aliphatic carbocycles. The number of hydrogen-bond acceptors (Lipinski definition) is 0. The van der Waals surface area contributed by atoms with Gasteiger partial charge in [-0.05, 0) is 20.7 Å². The van der Waals surface area contributed by atoms with E-state index in [1.165, 1.54) is 15.6 Å². The summed E-state index contributed by atoms with van der Waals surface area (Å²) in [5.41, 5.74) is 0. The molecule has 4 aromatic rings. The lowest BCUT2D eigenvalue weighted by Gasteiger charge is -2.38. The summed E-state index contributed by atoms with van der Waals surface area (Å²) in [6.07, 6.45) is 0. The van der Waals surface area contributed by atoms with Crippen LogP contribution in [0.2, 0.25) is 19.6 Å². The number of benzene rings is 4. The summed E-state index contributed by atoms with van der Waals surface area (Å²) in [6, 6.07) is 42.8. The first kappa shape index (κ1) is 19.6. The molecule has 0 fully saturated rings. The first-order valence-electron chi connectivity index (χ1n) is 10.3. The third kappa shape index (κ3) is 3.54. The average Bonchev–Trinajstić information content (AvgIpc) is 2.76. The highest BCUT2D eigenvalue weighted by Crippen LogP contribution is 2.11. The van der Waals surface area contributed by atoms with Crippen molar-refractivity contribution in [1.29, 1.82) is 0 Å². The van der Waals surface area contributed by atoms with E-state index >= 15 is 0 Å². The molecule has 29 heavy (non-hydrogen) atoms. The predicted octanol–water partition coefficient (Wildman–Crippen LogP) is 3.61. The Morgan fingerprint density at radius 2 is 0.690 bits per heavy atom. The number of hydrogen-bond donors (Lipinski definition) is 0. The standard InChI is InChI=1S/C27H28Si2/c1-28(2,3)26-21-13-14-22-27(26)29(23-15-7-4-8-16-23,24-17-9-5-10-18-24)25-19-11-6-12-20-25/h4-22H,1-3H3. The van der Waals surface area contributed by atoms with E-state index in [0.717, 1.165) is 0 Å².